The van der Waals surface area contributed by atoms with Gasteiger partial charge in [-0.05, 0) is 13.3 Å². The monoisotopic (exact) mass is 293 g/mol. The highest BCUT2D eigenvalue weighted by atomic mass is 16.5. The standard InChI is InChI=1S/C16H25N2O3/c1-3-21-16(20)10-14-17(2)15(19)9-5-8-13-18-11-6-4-7-12-18/h4,6-7,11-12H,3,5,8-10,13-14H2,1-2H3/q+1. The topological polar surface area (TPSA) is 50.5 Å². The van der Waals surface area contributed by atoms with Crippen molar-refractivity contribution in [2.45, 2.75) is 39.2 Å². The maximum Gasteiger partial charge on any atom is 0.307 e. The molecule has 0 atom stereocenters. The molecule has 1 amide bonds. The number of aryl methyl sites for hydroxylation is 1. The van der Waals surface area contributed by atoms with Crippen LogP contribution < -0.4 is 4.57 Å². The normalized spacial score (nSPS) is 10.2. The molecule has 1 rings (SSSR count). The smallest absolute Gasteiger partial charge is 0.307 e. The van der Waals surface area contributed by atoms with E-state index in [1.165, 1.54) is 0 Å². The molecule has 0 N–H and O–H groups in total. The number of carbonyl (C=O) groups is 2. The maximum absolute atomic E-state index is 11.9. The Morgan fingerprint density at radius 1 is 1.10 bits per heavy atom. The van der Waals surface area contributed by atoms with Crippen LogP contribution in [0.1, 0.15) is 32.6 Å². The van der Waals surface area contributed by atoms with Gasteiger partial charge in [0.05, 0.1) is 13.0 Å². The molecule has 0 aliphatic rings. The van der Waals surface area contributed by atoms with Crippen molar-refractivity contribution in [3.05, 3.63) is 30.6 Å². The highest BCUT2D eigenvalue weighted by Crippen LogP contribution is 2.01. The Balaban J connectivity index is 2.13. The third kappa shape index (κ3) is 7.44. The number of esters is 1. The first-order valence-corrected chi connectivity index (χ1v) is 7.47. The lowest BCUT2D eigenvalue weighted by Crippen LogP contribution is -2.32. The number of aromatic nitrogens is 1. The van der Waals surface area contributed by atoms with Crippen molar-refractivity contribution in [3.8, 4) is 0 Å². The lowest BCUT2D eigenvalue weighted by Gasteiger charge is -2.16. The van der Waals surface area contributed by atoms with Crippen LogP contribution in [0.4, 0.5) is 0 Å². The van der Waals surface area contributed by atoms with Gasteiger partial charge in [0, 0.05) is 38.6 Å². The predicted molar refractivity (Wildman–Crippen MR) is 79.4 cm³/mol. The molecule has 0 aromatic carbocycles. The van der Waals surface area contributed by atoms with E-state index in [0.29, 0.717) is 19.6 Å². The van der Waals surface area contributed by atoms with E-state index in [-0.39, 0.29) is 18.3 Å². The molecule has 0 aliphatic carbocycles. The van der Waals surface area contributed by atoms with Crippen LogP contribution >= 0.6 is 0 Å². The van der Waals surface area contributed by atoms with Crippen molar-refractivity contribution in [2.24, 2.45) is 0 Å². The van der Waals surface area contributed by atoms with Crippen LogP contribution in [0.25, 0.3) is 0 Å². The number of ether oxygens (including phenoxy) is 1. The molecule has 0 unspecified atom stereocenters. The lowest BCUT2D eigenvalue weighted by atomic mass is 10.2. The predicted octanol–water partition coefficient (Wildman–Crippen LogP) is 1.56. The highest BCUT2D eigenvalue weighted by molar-refractivity contribution is 5.76. The van der Waals surface area contributed by atoms with Gasteiger partial charge >= 0.3 is 5.97 Å². The molecule has 0 saturated heterocycles. The minimum atomic E-state index is -0.252. The van der Waals surface area contributed by atoms with Crippen molar-refractivity contribution in [1.82, 2.24) is 4.90 Å². The van der Waals surface area contributed by atoms with E-state index in [9.17, 15) is 9.59 Å². The molecule has 5 heteroatoms. The van der Waals surface area contributed by atoms with Gasteiger partial charge in [-0.3, -0.25) is 9.59 Å². The molecule has 0 spiro atoms. The number of unbranched alkanes of at least 4 members (excludes halogenated alkanes) is 1. The molecule has 0 aliphatic heterocycles. The maximum atomic E-state index is 11.9. The van der Waals surface area contributed by atoms with Gasteiger partial charge < -0.3 is 9.64 Å². The molecule has 0 radical (unpaired) electrons. The first kappa shape index (κ1) is 17.1. The fraction of sp³-hybridized carbons (Fsp3) is 0.562. The number of carbonyl (C=O) groups excluding carboxylic acids is 2. The van der Waals surface area contributed by atoms with Crippen molar-refractivity contribution >= 4 is 11.9 Å². The highest BCUT2D eigenvalue weighted by Gasteiger charge is 2.11. The number of hydrogen-bond acceptors (Lipinski definition) is 3. The summed E-state index contributed by atoms with van der Waals surface area (Å²) < 4.78 is 6.95. The van der Waals surface area contributed by atoms with Crippen LogP contribution in [0.3, 0.4) is 0 Å². The number of rotatable bonds is 9. The average molecular weight is 293 g/mol. The van der Waals surface area contributed by atoms with E-state index in [0.717, 1.165) is 19.4 Å². The van der Waals surface area contributed by atoms with Crippen LogP contribution in [0.15, 0.2) is 30.6 Å². The molecule has 1 aromatic rings. The van der Waals surface area contributed by atoms with Crippen LogP contribution in [0.5, 0.6) is 0 Å². The molecule has 0 saturated carbocycles. The molecule has 5 nitrogen and oxygen atoms in total. The van der Waals surface area contributed by atoms with E-state index in [1.54, 1.807) is 18.9 Å². The number of nitrogens with zero attached hydrogens (tertiary/aromatic N) is 2. The quantitative estimate of drug-likeness (QED) is 0.394. The van der Waals surface area contributed by atoms with Gasteiger partial charge in [0.1, 0.15) is 6.54 Å². The summed E-state index contributed by atoms with van der Waals surface area (Å²) in [5.74, 6) is -0.171. The summed E-state index contributed by atoms with van der Waals surface area (Å²) in [6, 6.07) is 5.97. The molecule has 0 fully saturated rings. The second-order valence-electron chi connectivity index (χ2n) is 4.94. The number of hydrogen-bond donors (Lipinski definition) is 0. The van der Waals surface area contributed by atoms with Gasteiger partial charge in [0.25, 0.3) is 0 Å². The first-order valence-electron chi connectivity index (χ1n) is 7.47. The van der Waals surface area contributed by atoms with Gasteiger partial charge in [-0.25, -0.2) is 4.57 Å². The van der Waals surface area contributed by atoms with Crippen LogP contribution in [0, 0.1) is 0 Å². The van der Waals surface area contributed by atoms with Crippen molar-refractivity contribution in [1.29, 1.82) is 0 Å². The van der Waals surface area contributed by atoms with E-state index in [4.69, 9.17) is 4.74 Å². The Morgan fingerprint density at radius 3 is 2.48 bits per heavy atom. The van der Waals surface area contributed by atoms with Crippen LogP contribution in [-0.2, 0) is 20.9 Å². The molecular weight excluding hydrogens is 268 g/mol. The van der Waals surface area contributed by atoms with E-state index >= 15 is 0 Å². The summed E-state index contributed by atoms with van der Waals surface area (Å²) in [4.78, 5) is 24.7. The van der Waals surface area contributed by atoms with E-state index < -0.39 is 0 Å². The van der Waals surface area contributed by atoms with Crippen molar-refractivity contribution < 1.29 is 18.9 Å². The fourth-order valence-electron chi connectivity index (χ4n) is 1.96. The van der Waals surface area contributed by atoms with Crippen LogP contribution in [0.2, 0.25) is 0 Å². The van der Waals surface area contributed by atoms with E-state index in [1.807, 2.05) is 30.6 Å². The summed E-state index contributed by atoms with van der Waals surface area (Å²) in [6.45, 7) is 3.50. The molecule has 116 valence electrons. The van der Waals surface area contributed by atoms with Crippen molar-refractivity contribution in [2.75, 3.05) is 20.2 Å². The largest absolute Gasteiger partial charge is 0.466 e. The van der Waals surface area contributed by atoms with Gasteiger partial charge in [-0.2, -0.15) is 0 Å². The lowest BCUT2D eigenvalue weighted by molar-refractivity contribution is -0.697. The Labute approximate surface area is 126 Å². The molecule has 1 aromatic heterocycles. The second kappa shape index (κ2) is 9.91. The third-order valence-corrected chi connectivity index (χ3v) is 3.22. The van der Waals surface area contributed by atoms with Gasteiger partial charge in [-0.1, -0.05) is 6.07 Å². The average Bonchev–Trinajstić information content (AvgIpc) is 2.50. The van der Waals surface area contributed by atoms with E-state index in [2.05, 4.69) is 4.57 Å². The SMILES string of the molecule is CCOC(=O)CCN(C)C(=O)CCCC[n+]1ccccc1. The minimum absolute atomic E-state index is 0.0809. The number of amides is 1. The summed E-state index contributed by atoms with van der Waals surface area (Å²) in [7, 11) is 1.73. The minimum Gasteiger partial charge on any atom is -0.466 e. The summed E-state index contributed by atoms with van der Waals surface area (Å²) in [5, 5.41) is 0. The Hall–Kier alpha value is -1.91. The molecule has 1 heterocycles. The zero-order valence-corrected chi connectivity index (χ0v) is 13.0. The molecular formula is C16H25N2O3+. The summed E-state index contributed by atoms with van der Waals surface area (Å²) >= 11 is 0. The molecule has 21 heavy (non-hydrogen) atoms. The molecule has 0 bridgehead atoms. The zero-order chi connectivity index (χ0) is 15.5. The Bertz CT molecular complexity index is 434. The van der Waals surface area contributed by atoms with Crippen molar-refractivity contribution in [3.63, 3.8) is 0 Å². The third-order valence-electron chi connectivity index (χ3n) is 3.22. The Morgan fingerprint density at radius 2 is 1.81 bits per heavy atom. The fourth-order valence-corrected chi connectivity index (χ4v) is 1.96. The zero-order valence-electron chi connectivity index (χ0n) is 13.0. The van der Waals surface area contributed by atoms with Gasteiger partial charge in [-0.15, -0.1) is 0 Å². The summed E-state index contributed by atoms with van der Waals surface area (Å²) in [6.07, 6.45) is 6.64. The van der Waals surface area contributed by atoms with Gasteiger partial charge in [0.15, 0.2) is 12.4 Å². The number of pyridine rings is 1. The first-order chi connectivity index (χ1) is 10.1. The second-order valence-corrected chi connectivity index (χ2v) is 4.94. The summed E-state index contributed by atoms with van der Waals surface area (Å²) in [5.41, 5.74) is 0. The van der Waals surface area contributed by atoms with Gasteiger partial charge in [0.2, 0.25) is 5.91 Å². The Kier molecular flexibility index (Phi) is 8.09. The van der Waals surface area contributed by atoms with Crippen LogP contribution in [-0.4, -0.2) is 37.0 Å².